The summed E-state index contributed by atoms with van der Waals surface area (Å²) in [4.78, 5) is 0. The fraction of sp³-hybridized carbons (Fsp3) is 0.471. The molecule has 0 bridgehead atoms. The van der Waals surface area contributed by atoms with E-state index in [-0.39, 0.29) is 0 Å². The molecule has 1 unspecified atom stereocenters. The first-order valence-corrected chi connectivity index (χ1v) is 13.3. The number of allylic oxidation sites excluding steroid dienone is 18. The van der Waals surface area contributed by atoms with Crippen LogP contribution in [0, 0.1) is 5.92 Å². The Morgan fingerprint density at radius 3 is 1.65 bits per heavy atom. The smallest absolute Gasteiger partial charge is 0.0191 e. The fourth-order valence-corrected chi connectivity index (χ4v) is 3.25. The van der Waals surface area contributed by atoms with E-state index in [1.807, 2.05) is 13.8 Å². The first kappa shape index (κ1) is 33.8. The molecule has 0 aromatic rings. The first-order valence-electron chi connectivity index (χ1n) is 13.3. The van der Waals surface area contributed by atoms with Crippen molar-refractivity contribution in [3.63, 3.8) is 0 Å². The van der Waals surface area contributed by atoms with Crippen molar-refractivity contribution in [2.24, 2.45) is 5.92 Å². The van der Waals surface area contributed by atoms with Gasteiger partial charge in [0.15, 0.2) is 0 Å². The van der Waals surface area contributed by atoms with Crippen LogP contribution in [0.5, 0.6) is 0 Å². The van der Waals surface area contributed by atoms with Gasteiger partial charge in [0.25, 0.3) is 0 Å². The average molecular weight is 463 g/mol. The molecule has 1 rings (SSSR count). The van der Waals surface area contributed by atoms with E-state index in [1.165, 1.54) is 53.5 Å². The summed E-state index contributed by atoms with van der Waals surface area (Å²) in [6, 6.07) is 0. The molecule has 0 spiro atoms. The van der Waals surface area contributed by atoms with Gasteiger partial charge in [-0.15, -0.1) is 0 Å². The van der Waals surface area contributed by atoms with Gasteiger partial charge in [-0.05, 0) is 72.3 Å². The van der Waals surface area contributed by atoms with Gasteiger partial charge in [0.2, 0.25) is 0 Å². The van der Waals surface area contributed by atoms with Crippen molar-refractivity contribution >= 4 is 0 Å². The van der Waals surface area contributed by atoms with Crippen LogP contribution in [0.1, 0.15) is 102 Å². The van der Waals surface area contributed by atoms with E-state index in [0.717, 1.165) is 0 Å². The Kier molecular flexibility index (Phi) is 22.3. The Bertz CT molecular complexity index is 806. The lowest BCUT2D eigenvalue weighted by Crippen LogP contribution is -2.06. The summed E-state index contributed by atoms with van der Waals surface area (Å²) in [5.41, 5.74) is 8.16. The van der Waals surface area contributed by atoms with Crippen LogP contribution < -0.4 is 0 Å². The molecule has 0 N–H and O–H groups in total. The Morgan fingerprint density at radius 2 is 1.18 bits per heavy atom. The maximum absolute atomic E-state index is 2.35. The van der Waals surface area contributed by atoms with E-state index in [0.29, 0.717) is 5.92 Å². The third kappa shape index (κ3) is 19.2. The standard InChI is InChI=1S/C29H40.C3H8.C2H6/c1-23(2)13-10-16-24(3)14-8-9-15-25(4)17-11-18-26(5)21-22-29-27(6)19-12-20-28(29)7;1-3-2;1-2/h8-11,13-18,21-22,27H,12,19-20H2,1-7H3;3H2,1-2H3;1-2H3/b9-8+,16-10+,17-11+,22-21+,24-14+,25-15+,26-18+;;. The summed E-state index contributed by atoms with van der Waals surface area (Å²) in [5, 5.41) is 0. The molecule has 1 aliphatic carbocycles. The molecule has 0 fully saturated rings. The van der Waals surface area contributed by atoms with Crippen molar-refractivity contribution in [1.82, 2.24) is 0 Å². The Hall–Kier alpha value is -2.34. The Labute approximate surface area is 214 Å². The summed E-state index contributed by atoms with van der Waals surface area (Å²) < 4.78 is 0. The quantitative estimate of drug-likeness (QED) is 0.314. The van der Waals surface area contributed by atoms with Crippen molar-refractivity contribution in [3.05, 3.63) is 106 Å². The second kappa shape index (κ2) is 22.5. The zero-order valence-electron chi connectivity index (χ0n) is 24.3. The second-order valence-corrected chi connectivity index (χ2v) is 9.15. The molecule has 0 heteroatoms. The molecule has 0 heterocycles. The lowest BCUT2D eigenvalue weighted by atomic mass is 9.84. The zero-order valence-corrected chi connectivity index (χ0v) is 24.3. The second-order valence-electron chi connectivity index (χ2n) is 9.15. The van der Waals surface area contributed by atoms with Gasteiger partial charge in [-0.1, -0.05) is 142 Å². The van der Waals surface area contributed by atoms with Gasteiger partial charge in [0.05, 0.1) is 0 Å². The van der Waals surface area contributed by atoms with Gasteiger partial charge >= 0.3 is 0 Å². The molecule has 0 nitrogen and oxygen atoms in total. The van der Waals surface area contributed by atoms with Crippen LogP contribution in [0.25, 0.3) is 0 Å². The fourth-order valence-electron chi connectivity index (χ4n) is 3.25. The predicted octanol–water partition coefficient (Wildman–Crippen LogP) is 11.6. The SMILES string of the molecule is CC.CC(C)=C/C=C/C(C)=C/C=C/C=C(C)/C=C/C=C(C)/C=C/C1=C(C)CCCC1C.CCC. The summed E-state index contributed by atoms with van der Waals surface area (Å²) in [6.45, 7) is 23.5. The lowest BCUT2D eigenvalue weighted by molar-refractivity contribution is 0.546. The maximum atomic E-state index is 2.35. The molecule has 0 aliphatic heterocycles. The first-order chi connectivity index (χ1) is 16.2. The van der Waals surface area contributed by atoms with Crippen LogP contribution in [-0.2, 0) is 0 Å². The number of hydrogen-bond acceptors (Lipinski definition) is 0. The van der Waals surface area contributed by atoms with Gasteiger partial charge in [0.1, 0.15) is 0 Å². The number of hydrogen-bond donors (Lipinski definition) is 0. The molecule has 0 aromatic heterocycles. The highest BCUT2D eigenvalue weighted by Gasteiger charge is 2.14. The molecule has 0 saturated heterocycles. The molecule has 0 radical (unpaired) electrons. The van der Waals surface area contributed by atoms with Crippen molar-refractivity contribution in [3.8, 4) is 0 Å². The summed E-state index contributed by atoms with van der Waals surface area (Å²) in [7, 11) is 0. The van der Waals surface area contributed by atoms with Crippen molar-refractivity contribution in [2.45, 2.75) is 102 Å². The third-order valence-corrected chi connectivity index (χ3v) is 5.07. The van der Waals surface area contributed by atoms with E-state index in [2.05, 4.69) is 135 Å². The minimum atomic E-state index is 0.695. The molecule has 190 valence electrons. The van der Waals surface area contributed by atoms with Crippen molar-refractivity contribution in [1.29, 1.82) is 0 Å². The highest BCUT2D eigenvalue weighted by atomic mass is 14.2. The third-order valence-electron chi connectivity index (χ3n) is 5.07. The van der Waals surface area contributed by atoms with Gasteiger partial charge in [-0.2, -0.15) is 0 Å². The molecular weight excluding hydrogens is 408 g/mol. The summed E-state index contributed by atoms with van der Waals surface area (Å²) in [5.74, 6) is 0.695. The van der Waals surface area contributed by atoms with Crippen molar-refractivity contribution in [2.75, 3.05) is 0 Å². The van der Waals surface area contributed by atoms with E-state index >= 15 is 0 Å². The van der Waals surface area contributed by atoms with Crippen LogP contribution in [-0.4, -0.2) is 0 Å². The molecule has 1 aliphatic rings. The van der Waals surface area contributed by atoms with Crippen molar-refractivity contribution < 1.29 is 0 Å². The van der Waals surface area contributed by atoms with E-state index < -0.39 is 0 Å². The molecule has 0 aromatic carbocycles. The monoisotopic (exact) mass is 462 g/mol. The van der Waals surface area contributed by atoms with Gasteiger partial charge in [-0.25, -0.2) is 0 Å². The topological polar surface area (TPSA) is 0 Å². The van der Waals surface area contributed by atoms with E-state index in [1.54, 1.807) is 5.57 Å². The minimum absolute atomic E-state index is 0.695. The van der Waals surface area contributed by atoms with Crippen LogP contribution in [0.15, 0.2) is 106 Å². The van der Waals surface area contributed by atoms with Gasteiger partial charge < -0.3 is 0 Å². The van der Waals surface area contributed by atoms with Gasteiger partial charge in [-0.3, -0.25) is 0 Å². The average Bonchev–Trinajstić information content (AvgIpc) is 2.78. The normalized spacial score (nSPS) is 17.9. The lowest BCUT2D eigenvalue weighted by Gasteiger charge is -2.22. The molecule has 0 saturated carbocycles. The maximum Gasteiger partial charge on any atom is -0.0191 e. The highest BCUT2D eigenvalue weighted by molar-refractivity contribution is 5.35. The Balaban J connectivity index is 0. The summed E-state index contributed by atoms with van der Waals surface area (Å²) >= 11 is 0. The number of rotatable bonds is 8. The molecule has 1 atom stereocenters. The predicted molar refractivity (Wildman–Crippen MR) is 160 cm³/mol. The zero-order chi connectivity index (χ0) is 26.4. The highest BCUT2D eigenvalue weighted by Crippen LogP contribution is 2.30. The van der Waals surface area contributed by atoms with Crippen LogP contribution in [0.2, 0.25) is 0 Å². The van der Waals surface area contributed by atoms with E-state index in [9.17, 15) is 0 Å². The van der Waals surface area contributed by atoms with Crippen LogP contribution in [0.4, 0.5) is 0 Å². The van der Waals surface area contributed by atoms with Crippen LogP contribution >= 0.6 is 0 Å². The van der Waals surface area contributed by atoms with Crippen LogP contribution in [0.3, 0.4) is 0 Å². The molecular formula is C34H54. The molecule has 0 amide bonds. The Morgan fingerprint density at radius 1 is 0.735 bits per heavy atom. The van der Waals surface area contributed by atoms with Gasteiger partial charge in [0, 0.05) is 0 Å². The summed E-state index contributed by atoms with van der Waals surface area (Å²) in [6.07, 6.45) is 31.0. The largest absolute Gasteiger partial charge is 0.0764 e. The van der Waals surface area contributed by atoms with E-state index in [4.69, 9.17) is 0 Å². The molecule has 34 heavy (non-hydrogen) atoms. The minimum Gasteiger partial charge on any atom is -0.0764 e.